The Balaban J connectivity index is 2.20. The molecule has 0 heterocycles. The molecule has 8 nitrogen and oxygen atoms in total. The van der Waals surface area contributed by atoms with Crippen molar-refractivity contribution in [2.45, 2.75) is 30.6 Å². The van der Waals surface area contributed by atoms with Crippen LogP contribution in [0.3, 0.4) is 0 Å². The Bertz CT molecular complexity index is 1030. The second-order valence-electron chi connectivity index (χ2n) is 5.92. The first kappa shape index (κ1) is 21.9. The number of rotatable bonds is 8. The van der Waals surface area contributed by atoms with E-state index >= 15 is 0 Å². The van der Waals surface area contributed by atoms with Crippen molar-refractivity contribution in [3.63, 3.8) is 0 Å². The highest BCUT2D eigenvalue weighted by Gasteiger charge is 2.21. The van der Waals surface area contributed by atoms with Crippen LogP contribution in [0, 0.1) is 0 Å². The predicted octanol–water partition coefficient (Wildman–Crippen LogP) is 2.48. The number of benzene rings is 2. The molecule has 2 N–H and O–H groups in total. The van der Waals surface area contributed by atoms with Crippen LogP contribution >= 0.6 is 0 Å². The van der Waals surface area contributed by atoms with E-state index in [4.69, 9.17) is 0 Å². The number of carbonyl (C=O) groups is 1. The molecule has 0 saturated carbocycles. The maximum absolute atomic E-state index is 12.5. The molecule has 0 unspecified atom stereocenters. The molecule has 0 bridgehead atoms. The first-order chi connectivity index (χ1) is 13.1. The standard InChI is InChI=1S/C18H23N3O5S2/c1-4-21(5-2)28(25,26)18-12-8-16(9-13-18)20-27(23,24)17-10-6-15(7-11-17)19-14(3)22/h6-13,20H,4-5H2,1-3H3,(H,19,22). The summed E-state index contributed by atoms with van der Waals surface area (Å²) >= 11 is 0. The zero-order chi connectivity index (χ0) is 20.9. The molecule has 28 heavy (non-hydrogen) atoms. The molecule has 2 aromatic rings. The van der Waals surface area contributed by atoms with Gasteiger partial charge in [-0.2, -0.15) is 4.31 Å². The highest BCUT2D eigenvalue weighted by atomic mass is 32.2. The highest BCUT2D eigenvalue weighted by Crippen LogP contribution is 2.21. The molecule has 0 aliphatic carbocycles. The van der Waals surface area contributed by atoms with Crippen molar-refractivity contribution in [3.05, 3.63) is 48.5 Å². The van der Waals surface area contributed by atoms with Gasteiger partial charge in [0.15, 0.2) is 0 Å². The predicted molar refractivity (Wildman–Crippen MR) is 108 cm³/mol. The lowest BCUT2D eigenvalue weighted by Gasteiger charge is -2.18. The van der Waals surface area contributed by atoms with Gasteiger partial charge in [-0.1, -0.05) is 13.8 Å². The van der Waals surface area contributed by atoms with E-state index in [1.54, 1.807) is 13.8 Å². The average molecular weight is 426 g/mol. The topological polar surface area (TPSA) is 113 Å². The maximum Gasteiger partial charge on any atom is 0.261 e. The summed E-state index contributed by atoms with van der Waals surface area (Å²) in [7, 11) is -7.46. The van der Waals surface area contributed by atoms with Crippen molar-refractivity contribution in [1.29, 1.82) is 0 Å². The van der Waals surface area contributed by atoms with Gasteiger partial charge in [-0.25, -0.2) is 16.8 Å². The molecule has 0 aliphatic heterocycles. The zero-order valence-corrected chi connectivity index (χ0v) is 17.5. The minimum absolute atomic E-state index is 0.0152. The summed E-state index contributed by atoms with van der Waals surface area (Å²) in [5.41, 5.74) is 0.724. The largest absolute Gasteiger partial charge is 0.326 e. The molecule has 1 amide bonds. The van der Waals surface area contributed by atoms with Crippen molar-refractivity contribution in [2.75, 3.05) is 23.1 Å². The Morgan fingerprint density at radius 1 is 0.821 bits per heavy atom. The molecular formula is C18H23N3O5S2. The molecule has 0 aliphatic rings. The second kappa shape index (κ2) is 8.72. The van der Waals surface area contributed by atoms with Crippen molar-refractivity contribution >= 4 is 37.3 Å². The van der Waals surface area contributed by atoms with Gasteiger partial charge in [-0.3, -0.25) is 9.52 Å². The van der Waals surface area contributed by atoms with Crippen LogP contribution in [-0.4, -0.2) is 40.1 Å². The molecule has 0 aromatic heterocycles. The number of hydrogen-bond donors (Lipinski definition) is 2. The lowest BCUT2D eigenvalue weighted by molar-refractivity contribution is -0.114. The van der Waals surface area contributed by atoms with Crippen LogP contribution < -0.4 is 10.0 Å². The summed E-state index contributed by atoms with van der Waals surface area (Å²) in [6.45, 7) is 5.56. The van der Waals surface area contributed by atoms with E-state index in [0.717, 1.165) is 0 Å². The Morgan fingerprint density at radius 2 is 1.29 bits per heavy atom. The van der Waals surface area contributed by atoms with Gasteiger partial charge in [0.25, 0.3) is 10.0 Å². The SMILES string of the molecule is CCN(CC)S(=O)(=O)c1ccc(NS(=O)(=O)c2ccc(NC(C)=O)cc2)cc1. The van der Waals surface area contributed by atoms with E-state index in [-0.39, 0.29) is 21.4 Å². The van der Waals surface area contributed by atoms with Crippen molar-refractivity contribution in [2.24, 2.45) is 0 Å². The van der Waals surface area contributed by atoms with E-state index in [2.05, 4.69) is 10.0 Å². The number of anilines is 2. The summed E-state index contributed by atoms with van der Waals surface area (Å²) in [5, 5.41) is 2.56. The van der Waals surface area contributed by atoms with Crippen LogP contribution in [0.1, 0.15) is 20.8 Å². The lowest BCUT2D eigenvalue weighted by atomic mass is 10.3. The molecular weight excluding hydrogens is 402 g/mol. The lowest BCUT2D eigenvalue weighted by Crippen LogP contribution is -2.30. The Labute approximate surface area is 165 Å². The Kier molecular flexibility index (Phi) is 6.81. The number of carbonyl (C=O) groups excluding carboxylic acids is 1. The molecule has 10 heteroatoms. The summed E-state index contributed by atoms with van der Waals surface area (Å²) in [6.07, 6.45) is 0. The third-order valence-electron chi connectivity index (χ3n) is 3.93. The molecule has 0 spiro atoms. The van der Waals surface area contributed by atoms with Crippen LogP contribution in [0.4, 0.5) is 11.4 Å². The van der Waals surface area contributed by atoms with E-state index in [0.29, 0.717) is 18.8 Å². The molecule has 0 fully saturated rings. The number of sulfonamides is 2. The summed E-state index contributed by atoms with van der Waals surface area (Å²) in [4.78, 5) is 11.1. The average Bonchev–Trinajstić information content (AvgIpc) is 2.62. The van der Waals surface area contributed by atoms with Crippen LogP contribution in [0.15, 0.2) is 58.3 Å². The third-order valence-corrected chi connectivity index (χ3v) is 7.40. The van der Waals surface area contributed by atoms with E-state index in [1.807, 2.05) is 0 Å². The maximum atomic E-state index is 12.5. The quantitative estimate of drug-likeness (QED) is 0.675. The van der Waals surface area contributed by atoms with Gasteiger partial charge in [-0.15, -0.1) is 0 Å². The highest BCUT2D eigenvalue weighted by molar-refractivity contribution is 7.92. The normalized spacial score (nSPS) is 12.0. The fourth-order valence-electron chi connectivity index (χ4n) is 2.54. The summed E-state index contributed by atoms with van der Waals surface area (Å²) in [5.74, 6) is -0.256. The summed E-state index contributed by atoms with van der Waals surface area (Å²) in [6, 6.07) is 11.2. The van der Waals surface area contributed by atoms with Gasteiger partial charge in [-0.05, 0) is 48.5 Å². The second-order valence-corrected chi connectivity index (χ2v) is 9.55. The van der Waals surface area contributed by atoms with Gasteiger partial charge in [0.1, 0.15) is 0 Å². The Hall–Kier alpha value is -2.43. The fraction of sp³-hybridized carbons (Fsp3) is 0.278. The van der Waals surface area contributed by atoms with Crippen LogP contribution in [0.25, 0.3) is 0 Å². The van der Waals surface area contributed by atoms with Gasteiger partial charge >= 0.3 is 0 Å². The molecule has 2 aromatic carbocycles. The minimum Gasteiger partial charge on any atom is -0.326 e. The molecule has 0 radical (unpaired) electrons. The first-order valence-electron chi connectivity index (χ1n) is 8.61. The Morgan fingerprint density at radius 3 is 1.75 bits per heavy atom. The van der Waals surface area contributed by atoms with Crippen molar-refractivity contribution in [1.82, 2.24) is 4.31 Å². The first-order valence-corrected chi connectivity index (χ1v) is 11.5. The van der Waals surface area contributed by atoms with E-state index < -0.39 is 20.0 Å². The van der Waals surface area contributed by atoms with Gasteiger partial charge in [0.2, 0.25) is 15.9 Å². The molecule has 0 atom stereocenters. The van der Waals surface area contributed by atoms with Crippen LogP contribution in [0.5, 0.6) is 0 Å². The van der Waals surface area contributed by atoms with Crippen LogP contribution in [-0.2, 0) is 24.8 Å². The van der Waals surface area contributed by atoms with E-state index in [9.17, 15) is 21.6 Å². The van der Waals surface area contributed by atoms with Gasteiger partial charge < -0.3 is 5.32 Å². The summed E-state index contributed by atoms with van der Waals surface area (Å²) < 4.78 is 53.7. The minimum atomic E-state index is -3.86. The molecule has 152 valence electrons. The smallest absolute Gasteiger partial charge is 0.261 e. The number of nitrogens with one attached hydrogen (secondary N) is 2. The van der Waals surface area contributed by atoms with Crippen LogP contribution in [0.2, 0.25) is 0 Å². The zero-order valence-electron chi connectivity index (χ0n) is 15.8. The fourth-order valence-corrected chi connectivity index (χ4v) is 5.06. The van der Waals surface area contributed by atoms with Gasteiger partial charge in [0, 0.05) is 31.4 Å². The number of nitrogens with zero attached hydrogens (tertiary/aromatic N) is 1. The third kappa shape index (κ3) is 5.09. The number of hydrogen-bond acceptors (Lipinski definition) is 5. The van der Waals surface area contributed by atoms with Crippen molar-refractivity contribution < 1.29 is 21.6 Å². The molecule has 0 saturated heterocycles. The molecule has 2 rings (SSSR count). The van der Waals surface area contributed by atoms with E-state index in [1.165, 1.54) is 59.8 Å². The monoisotopic (exact) mass is 425 g/mol. The van der Waals surface area contributed by atoms with Gasteiger partial charge in [0.05, 0.1) is 9.79 Å². The van der Waals surface area contributed by atoms with Crippen molar-refractivity contribution in [3.8, 4) is 0 Å². The number of amides is 1.